The number of aromatic nitrogens is 8. The van der Waals surface area contributed by atoms with Crippen molar-refractivity contribution in [3.8, 4) is 22.5 Å². The fourth-order valence-electron chi connectivity index (χ4n) is 5.30. The zero-order valence-corrected chi connectivity index (χ0v) is 22.6. The van der Waals surface area contributed by atoms with Crippen LogP contribution in [0.15, 0.2) is 60.0 Å². The normalized spacial score (nSPS) is 15.6. The van der Waals surface area contributed by atoms with Crippen molar-refractivity contribution in [1.29, 1.82) is 0 Å². The van der Waals surface area contributed by atoms with E-state index in [1.165, 1.54) is 16.8 Å². The topological polar surface area (TPSA) is 131 Å². The SMILES string of the molecule is Nc1nc2cc(-c3cnn(C(c4ccc(C(F)(F)F)nc4)C4CCOCC4)c3)cc(-c3cn(CC(F)(F)F)c(=O)cn3)n2n1. The molecule has 44 heavy (non-hydrogen) atoms. The Hall–Kier alpha value is -4.80. The second kappa shape index (κ2) is 11.0. The van der Waals surface area contributed by atoms with Crippen molar-refractivity contribution in [2.24, 2.45) is 5.92 Å². The molecule has 0 amide bonds. The molecule has 0 spiro atoms. The average Bonchev–Trinajstić information content (AvgIpc) is 3.60. The minimum atomic E-state index is -4.64. The van der Waals surface area contributed by atoms with Crippen LogP contribution in [0.1, 0.15) is 30.1 Å². The first kappa shape index (κ1) is 29.3. The minimum Gasteiger partial charge on any atom is -0.381 e. The number of hydrogen-bond acceptors (Lipinski definition) is 8. The number of halogens is 6. The van der Waals surface area contributed by atoms with Gasteiger partial charge in [0.1, 0.15) is 17.9 Å². The third kappa shape index (κ3) is 5.99. The summed E-state index contributed by atoms with van der Waals surface area (Å²) in [6.07, 6.45) is -1.69. The van der Waals surface area contributed by atoms with Crippen LogP contribution in [0.25, 0.3) is 28.2 Å². The molecule has 6 heterocycles. The smallest absolute Gasteiger partial charge is 0.381 e. The van der Waals surface area contributed by atoms with Gasteiger partial charge in [0.25, 0.3) is 5.56 Å². The largest absolute Gasteiger partial charge is 0.433 e. The molecule has 0 radical (unpaired) electrons. The molecule has 17 heteroatoms. The molecule has 1 unspecified atom stereocenters. The van der Waals surface area contributed by atoms with Gasteiger partial charge < -0.3 is 15.0 Å². The standard InChI is InChI=1S/C27H23F6N9O2/c28-26(29,30)14-40-13-19(35-11-23(40)43)20-7-17(8-22-38-25(34)39-42(20)22)18-10-37-41(12-18)24(15-3-5-44-6-4-15)16-1-2-21(36-9-16)27(31,32)33/h1-2,7-13,15,24H,3-6,14H2,(H2,34,39). The summed E-state index contributed by atoms with van der Waals surface area (Å²) in [5.41, 5.74) is 5.98. The fraction of sp³-hybridized carbons (Fsp3) is 0.333. The van der Waals surface area contributed by atoms with E-state index in [4.69, 9.17) is 10.5 Å². The Morgan fingerprint density at radius 2 is 1.75 bits per heavy atom. The lowest BCUT2D eigenvalue weighted by atomic mass is 9.87. The maximum absolute atomic E-state index is 13.2. The molecule has 1 fully saturated rings. The quantitative estimate of drug-likeness (QED) is 0.277. The third-order valence-electron chi connectivity index (χ3n) is 7.29. The summed E-state index contributed by atoms with van der Waals surface area (Å²) in [7, 11) is 0. The van der Waals surface area contributed by atoms with E-state index < -0.39 is 36.2 Å². The summed E-state index contributed by atoms with van der Waals surface area (Å²) in [6.45, 7) is -0.537. The van der Waals surface area contributed by atoms with Crippen LogP contribution in [0.3, 0.4) is 0 Å². The van der Waals surface area contributed by atoms with Gasteiger partial charge in [-0.15, -0.1) is 5.10 Å². The zero-order valence-electron chi connectivity index (χ0n) is 22.6. The highest BCUT2D eigenvalue weighted by atomic mass is 19.4. The van der Waals surface area contributed by atoms with Crippen LogP contribution in [0.5, 0.6) is 0 Å². The molecule has 6 rings (SSSR count). The fourth-order valence-corrected chi connectivity index (χ4v) is 5.30. The van der Waals surface area contributed by atoms with Crippen molar-refractivity contribution in [2.45, 2.75) is 37.8 Å². The van der Waals surface area contributed by atoms with Gasteiger partial charge in [-0.2, -0.15) is 36.4 Å². The summed E-state index contributed by atoms with van der Waals surface area (Å²) in [4.78, 5) is 24.0. The van der Waals surface area contributed by atoms with E-state index in [0.29, 0.717) is 47.3 Å². The van der Waals surface area contributed by atoms with Gasteiger partial charge in [-0.05, 0) is 48.1 Å². The number of nitrogen functional groups attached to an aromatic ring is 1. The molecule has 0 aliphatic carbocycles. The van der Waals surface area contributed by atoms with Crippen LogP contribution < -0.4 is 11.3 Å². The summed E-state index contributed by atoms with van der Waals surface area (Å²) >= 11 is 0. The number of nitrogens with zero attached hydrogens (tertiary/aromatic N) is 8. The van der Waals surface area contributed by atoms with Gasteiger partial charge in [0.05, 0.1) is 24.1 Å². The molecule has 1 aliphatic rings. The van der Waals surface area contributed by atoms with Gasteiger partial charge >= 0.3 is 12.4 Å². The van der Waals surface area contributed by atoms with E-state index in [0.717, 1.165) is 18.5 Å². The number of nitrogens with two attached hydrogens (primary N) is 1. The lowest BCUT2D eigenvalue weighted by Gasteiger charge is -2.30. The Labute approximate surface area is 243 Å². The van der Waals surface area contributed by atoms with Crippen molar-refractivity contribution >= 4 is 11.6 Å². The van der Waals surface area contributed by atoms with E-state index in [2.05, 4.69) is 25.1 Å². The van der Waals surface area contributed by atoms with Gasteiger partial charge in [0.15, 0.2) is 5.65 Å². The summed E-state index contributed by atoms with van der Waals surface area (Å²) < 4.78 is 87.8. The molecule has 1 saturated heterocycles. The predicted octanol–water partition coefficient (Wildman–Crippen LogP) is 4.39. The van der Waals surface area contributed by atoms with Crippen LogP contribution in [0.2, 0.25) is 0 Å². The van der Waals surface area contributed by atoms with E-state index in [1.807, 2.05) is 0 Å². The maximum atomic E-state index is 13.2. The molecular formula is C27H23F6N9O2. The van der Waals surface area contributed by atoms with Gasteiger partial charge in [0, 0.05) is 37.4 Å². The second-order valence-electron chi connectivity index (χ2n) is 10.3. The summed E-state index contributed by atoms with van der Waals surface area (Å²) in [6, 6.07) is 5.11. The number of hydrogen-bond donors (Lipinski definition) is 1. The Morgan fingerprint density at radius 1 is 0.977 bits per heavy atom. The number of anilines is 1. The lowest BCUT2D eigenvalue weighted by Crippen LogP contribution is -2.28. The van der Waals surface area contributed by atoms with Crippen LogP contribution in [0, 0.1) is 5.92 Å². The maximum Gasteiger partial charge on any atom is 0.433 e. The molecular weight excluding hydrogens is 596 g/mol. The lowest BCUT2D eigenvalue weighted by molar-refractivity contribution is -0.142. The van der Waals surface area contributed by atoms with Gasteiger partial charge in [-0.3, -0.25) is 14.5 Å². The Kier molecular flexibility index (Phi) is 7.35. The number of pyridine rings is 2. The Morgan fingerprint density at radius 3 is 2.43 bits per heavy atom. The predicted molar refractivity (Wildman–Crippen MR) is 143 cm³/mol. The van der Waals surface area contributed by atoms with Crippen molar-refractivity contribution < 1.29 is 31.1 Å². The van der Waals surface area contributed by atoms with Crippen LogP contribution in [-0.4, -0.2) is 58.3 Å². The second-order valence-corrected chi connectivity index (χ2v) is 10.3. The number of rotatable bonds is 6. The zero-order chi connectivity index (χ0) is 31.2. The Balaban J connectivity index is 1.42. The van der Waals surface area contributed by atoms with E-state index in [1.54, 1.807) is 29.2 Å². The van der Waals surface area contributed by atoms with Crippen LogP contribution >= 0.6 is 0 Å². The summed E-state index contributed by atoms with van der Waals surface area (Å²) in [5, 5.41) is 8.67. The molecule has 0 aromatic carbocycles. The number of alkyl halides is 6. The van der Waals surface area contributed by atoms with Crippen molar-refractivity contribution in [2.75, 3.05) is 18.9 Å². The minimum absolute atomic E-state index is 0.00824. The highest BCUT2D eigenvalue weighted by Gasteiger charge is 2.34. The van der Waals surface area contributed by atoms with Gasteiger partial charge in [-0.25, -0.2) is 9.50 Å². The molecule has 1 aliphatic heterocycles. The molecule has 0 saturated carbocycles. The molecule has 5 aromatic heterocycles. The van der Waals surface area contributed by atoms with Gasteiger partial charge in [-0.1, -0.05) is 6.07 Å². The van der Waals surface area contributed by atoms with E-state index >= 15 is 0 Å². The van der Waals surface area contributed by atoms with Crippen molar-refractivity contribution in [3.05, 3.63) is 76.9 Å². The van der Waals surface area contributed by atoms with Crippen LogP contribution in [0.4, 0.5) is 32.3 Å². The third-order valence-corrected chi connectivity index (χ3v) is 7.29. The monoisotopic (exact) mass is 619 g/mol. The molecule has 2 N–H and O–H groups in total. The van der Waals surface area contributed by atoms with Crippen molar-refractivity contribution in [1.82, 2.24) is 38.9 Å². The molecule has 1 atom stereocenters. The molecule has 0 bridgehead atoms. The number of ether oxygens (including phenoxy) is 1. The first-order valence-corrected chi connectivity index (χ1v) is 13.3. The Bertz CT molecular complexity index is 1850. The molecule has 11 nitrogen and oxygen atoms in total. The highest BCUT2D eigenvalue weighted by molar-refractivity contribution is 5.73. The first-order chi connectivity index (χ1) is 20.9. The summed E-state index contributed by atoms with van der Waals surface area (Å²) in [5.74, 6) is -0.111. The van der Waals surface area contributed by atoms with Gasteiger partial charge in [0.2, 0.25) is 5.95 Å². The molecule has 5 aromatic rings. The number of fused-ring (bicyclic) bond motifs is 1. The highest BCUT2D eigenvalue weighted by Crippen LogP contribution is 2.36. The van der Waals surface area contributed by atoms with E-state index in [-0.39, 0.29) is 28.9 Å². The van der Waals surface area contributed by atoms with Crippen LogP contribution in [-0.2, 0) is 17.5 Å². The molecule has 230 valence electrons. The van der Waals surface area contributed by atoms with Crippen molar-refractivity contribution in [3.63, 3.8) is 0 Å². The average molecular weight is 620 g/mol. The van der Waals surface area contributed by atoms with E-state index in [9.17, 15) is 31.1 Å². The first-order valence-electron chi connectivity index (χ1n) is 13.3.